The highest BCUT2D eigenvalue weighted by Gasteiger charge is 2.28. The molecule has 0 aromatic heterocycles. The van der Waals surface area contributed by atoms with Crippen molar-refractivity contribution in [2.75, 3.05) is 26.2 Å². The number of nitrogens with zero attached hydrogens (tertiary/aromatic N) is 2. The minimum atomic E-state index is -1.82. The molecule has 6 nitrogen and oxygen atoms in total. The van der Waals surface area contributed by atoms with Crippen LogP contribution in [-0.2, 0) is 9.59 Å². The van der Waals surface area contributed by atoms with Gasteiger partial charge in [-0.05, 0) is 25.7 Å². The van der Waals surface area contributed by atoms with Gasteiger partial charge in [-0.3, -0.25) is 9.80 Å². The fourth-order valence-electron chi connectivity index (χ4n) is 4.36. The summed E-state index contributed by atoms with van der Waals surface area (Å²) >= 11 is 0. The summed E-state index contributed by atoms with van der Waals surface area (Å²) in [4.78, 5) is 23.8. The number of hydrogen-bond acceptors (Lipinski definition) is 4. The molecule has 0 aromatic carbocycles. The van der Waals surface area contributed by atoms with Crippen molar-refractivity contribution in [2.45, 2.75) is 76.3 Å². The largest absolute Gasteiger partial charge is 0.473 e. The van der Waals surface area contributed by atoms with Crippen molar-refractivity contribution in [3.05, 3.63) is 0 Å². The summed E-state index contributed by atoms with van der Waals surface area (Å²) in [5.41, 5.74) is 0. The first-order valence-electron chi connectivity index (χ1n) is 9.52. The number of aliphatic carboxylic acids is 2. The van der Waals surface area contributed by atoms with Crippen LogP contribution in [0, 0.1) is 0 Å². The number of rotatable bonds is 2. The molecule has 1 heterocycles. The maximum absolute atomic E-state index is 9.10. The smallest absolute Gasteiger partial charge is 0.414 e. The highest BCUT2D eigenvalue weighted by atomic mass is 16.4. The number of carboxylic acids is 2. The molecular formula is C18H32N2O4. The van der Waals surface area contributed by atoms with Gasteiger partial charge < -0.3 is 10.2 Å². The lowest BCUT2D eigenvalue weighted by Gasteiger charge is -2.41. The average molecular weight is 340 g/mol. The number of carboxylic acid groups (broad SMARTS) is 2. The van der Waals surface area contributed by atoms with Gasteiger partial charge >= 0.3 is 11.9 Å². The Balaban J connectivity index is 0.000000301. The van der Waals surface area contributed by atoms with Crippen molar-refractivity contribution in [3.8, 4) is 0 Å². The molecule has 1 aliphatic heterocycles. The fourth-order valence-corrected chi connectivity index (χ4v) is 4.36. The van der Waals surface area contributed by atoms with Gasteiger partial charge in [0.2, 0.25) is 0 Å². The standard InChI is InChI=1S/C16H30N2.C2H2O4/c1-2-4-8-15(7-3-1)17-11-13-18(14-12-17)16-9-5-6-10-16;3-1(4)2(5)6/h15-16H,1-14H2;(H,3,4)(H,5,6). The van der Waals surface area contributed by atoms with Gasteiger partial charge in [-0.2, -0.15) is 0 Å². The molecule has 0 spiro atoms. The van der Waals surface area contributed by atoms with Gasteiger partial charge in [0.1, 0.15) is 0 Å². The van der Waals surface area contributed by atoms with Crippen LogP contribution in [0.1, 0.15) is 64.2 Å². The van der Waals surface area contributed by atoms with Gasteiger partial charge in [-0.1, -0.05) is 38.5 Å². The van der Waals surface area contributed by atoms with E-state index in [1.165, 1.54) is 90.4 Å². The lowest BCUT2D eigenvalue weighted by molar-refractivity contribution is -0.159. The highest BCUT2D eigenvalue weighted by molar-refractivity contribution is 6.27. The Morgan fingerprint density at radius 2 is 0.875 bits per heavy atom. The van der Waals surface area contributed by atoms with Crippen LogP contribution < -0.4 is 0 Å². The van der Waals surface area contributed by atoms with E-state index in [1.54, 1.807) is 0 Å². The Bertz CT molecular complexity index is 382. The van der Waals surface area contributed by atoms with Crippen LogP contribution in [0.25, 0.3) is 0 Å². The third kappa shape index (κ3) is 6.06. The van der Waals surface area contributed by atoms with Crippen molar-refractivity contribution in [2.24, 2.45) is 0 Å². The predicted molar refractivity (Wildman–Crippen MR) is 92.2 cm³/mol. The second-order valence-electron chi connectivity index (χ2n) is 7.27. The minimum absolute atomic E-state index is 0.929. The Morgan fingerprint density at radius 1 is 0.583 bits per heavy atom. The molecule has 3 rings (SSSR count). The monoisotopic (exact) mass is 340 g/mol. The molecule has 3 aliphatic rings. The first-order chi connectivity index (χ1) is 11.6. The van der Waals surface area contributed by atoms with Gasteiger partial charge in [0.05, 0.1) is 0 Å². The normalized spacial score (nSPS) is 24.8. The lowest BCUT2D eigenvalue weighted by Crippen LogP contribution is -2.52. The van der Waals surface area contributed by atoms with Crippen LogP contribution in [0.5, 0.6) is 0 Å². The third-order valence-electron chi connectivity index (χ3n) is 5.71. The molecule has 0 aromatic rings. The van der Waals surface area contributed by atoms with E-state index >= 15 is 0 Å². The molecule has 24 heavy (non-hydrogen) atoms. The minimum Gasteiger partial charge on any atom is -0.473 e. The van der Waals surface area contributed by atoms with E-state index in [2.05, 4.69) is 9.80 Å². The molecule has 2 N–H and O–H groups in total. The number of hydrogen-bond donors (Lipinski definition) is 2. The summed E-state index contributed by atoms with van der Waals surface area (Å²) in [7, 11) is 0. The first-order valence-corrected chi connectivity index (χ1v) is 9.52. The van der Waals surface area contributed by atoms with Crippen molar-refractivity contribution in [3.63, 3.8) is 0 Å². The lowest BCUT2D eigenvalue weighted by atomic mass is 10.1. The zero-order valence-electron chi connectivity index (χ0n) is 14.7. The van der Waals surface area contributed by atoms with Crippen molar-refractivity contribution in [1.29, 1.82) is 0 Å². The number of piperazine rings is 1. The van der Waals surface area contributed by atoms with E-state index in [0.717, 1.165) is 12.1 Å². The summed E-state index contributed by atoms with van der Waals surface area (Å²) in [5.74, 6) is -3.65. The summed E-state index contributed by atoms with van der Waals surface area (Å²) in [6, 6.07) is 1.87. The molecule has 2 saturated carbocycles. The fraction of sp³-hybridized carbons (Fsp3) is 0.889. The molecule has 0 radical (unpaired) electrons. The van der Waals surface area contributed by atoms with E-state index in [1.807, 2.05) is 0 Å². The molecule has 2 aliphatic carbocycles. The summed E-state index contributed by atoms with van der Waals surface area (Å²) in [6.45, 7) is 5.39. The summed E-state index contributed by atoms with van der Waals surface area (Å²) in [6.07, 6.45) is 14.8. The Hall–Kier alpha value is -1.14. The van der Waals surface area contributed by atoms with E-state index in [0.29, 0.717) is 0 Å². The Morgan fingerprint density at radius 3 is 1.17 bits per heavy atom. The van der Waals surface area contributed by atoms with E-state index < -0.39 is 11.9 Å². The van der Waals surface area contributed by atoms with Crippen LogP contribution in [0.2, 0.25) is 0 Å². The predicted octanol–water partition coefficient (Wildman–Crippen LogP) is 2.42. The Labute approximate surface area is 144 Å². The van der Waals surface area contributed by atoms with Gasteiger partial charge in [-0.15, -0.1) is 0 Å². The van der Waals surface area contributed by atoms with Crippen LogP contribution in [0.4, 0.5) is 0 Å². The molecule has 1 saturated heterocycles. The molecule has 0 amide bonds. The summed E-state index contributed by atoms with van der Waals surface area (Å²) in [5, 5.41) is 14.8. The zero-order chi connectivity index (χ0) is 17.4. The molecule has 138 valence electrons. The van der Waals surface area contributed by atoms with Gasteiger partial charge in [0.25, 0.3) is 0 Å². The maximum atomic E-state index is 9.10. The van der Waals surface area contributed by atoms with Crippen LogP contribution in [0.15, 0.2) is 0 Å². The Kier molecular flexibility index (Phi) is 7.99. The van der Waals surface area contributed by atoms with Gasteiger partial charge in [-0.25, -0.2) is 9.59 Å². The van der Waals surface area contributed by atoms with Gasteiger partial charge in [0, 0.05) is 38.3 Å². The topological polar surface area (TPSA) is 81.1 Å². The van der Waals surface area contributed by atoms with Crippen molar-refractivity contribution in [1.82, 2.24) is 9.80 Å². The van der Waals surface area contributed by atoms with E-state index in [4.69, 9.17) is 19.8 Å². The summed E-state index contributed by atoms with van der Waals surface area (Å²) < 4.78 is 0. The zero-order valence-corrected chi connectivity index (χ0v) is 14.7. The van der Waals surface area contributed by atoms with E-state index in [-0.39, 0.29) is 0 Å². The molecule has 6 heteroatoms. The second kappa shape index (κ2) is 9.99. The quantitative estimate of drug-likeness (QED) is 0.593. The molecular weight excluding hydrogens is 308 g/mol. The molecule has 3 fully saturated rings. The highest BCUT2D eigenvalue weighted by Crippen LogP contribution is 2.27. The van der Waals surface area contributed by atoms with Crippen LogP contribution >= 0.6 is 0 Å². The first kappa shape index (κ1) is 19.2. The maximum Gasteiger partial charge on any atom is 0.414 e. The number of carbonyl (C=O) groups is 2. The second-order valence-corrected chi connectivity index (χ2v) is 7.27. The van der Waals surface area contributed by atoms with Crippen LogP contribution in [0.3, 0.4) is 0 Å². The van der Waals surface area contributed by atoms with Crippen molar-refractivity contribution >= 4 is 11.9 Å². The van der Waals surface area contributed by atoms with Crippen molar-refractivity contribution < 1.29 is 19.8 Å². The van der Waals surface area contributed by atoms with Crippen LogP contribution in [-0.4, -0.2) is 70.2 Å². The molecule has 0 atom stereocenters. The molecule has 0 bridgehead atoms. The molecule has 0 unspecified atom stereocenters. The third-order valence-corrected chi connectivity index (χ3v) is 5.71. The SMILES string of the molecule is C1CCCC(N2CCN(C3CCCC3)CC2)CC1.O=C(O)C(=O)O. The van der Waals surface area contributed by atoms with Gasteiger partial charge in [0.15, 0.2) is 0 Å². The average Bonchev–Trinajstić information content (AvgIpc) is 2.98. The van der Waals surface area contributed by atoms with E-state index in [9.17, 15) is 0 Å².